The Kier molecular flexibility index (Phi) is 10.4. The van der Waals surface area contributed by atoms with E-state index in [-0.39, 0.29) is 30.2 Å². The van der Waals surface area contributed by atoms with Crippen molar-refractivity contribution in [1.29, 1.82) is 0 Å². The van der Waals surface area contributed by atoms with E-state index in [1.54, 1.807) is 23.4 Å². The van der Waals surface area contributed by atoms with Crippen molar-refractivity contribution < 1.29 is 19.4 Å². The highest BCUT2D eigenvalue weighted by Gasteiger charge is 2.28. The molecule has 0 atom stereocenters. The van der Waals surface area contributed by atoms with Crippen molar-refractivity contribution in [3.05, 3.63) is 30.1 Å². The minimum Gasteiger partial charge on any atom is -0.444 e. The fourth-order valence-electron chi connectivity index (χ4n) is 5.04. The highest BCUT2D eigenvalue weighted by molar-refractivity contribution is 5.94. The molecule has 3 heterocycles. The Morgan fingerprint density at radius 2 is 1.76 bits per heavy atom. The lowest BCUT2D eigenvalue weighted by molar-refractivity contribution is 0.0199. The van der Waals surface area contributed by atoms with Gasteiger partial charge in [0.05, 0.1) is 22.9 Å². The molecule has 0 radical (unpaired) electrons. The van der Waals surface area contributed by atoms with Crippen LogP contribution in [-0.4, -0.2) is 80.4 Å². The van der Waals surface area contributed by atoms with E-state index in [9.17, 15) is 14.7 Å². The molecule has 224 valence electrons. The average Bonchev–Trinajstić information content (AvgIpc) is 2.94. The van der Waals surface area contributed by atoms with E-state index in [2.05, 4.69) is 32.8 Å². The van der Waals surface area contributed by atoms with Gasteiger partial charge in [-0.2, -0.15) is 4.98 Å². The van der Waals surface area contributed by atoms with Crippen LogP contribution in [-0.2, 0) is 4.74 Å². The van der Waals surface area contributed by atoms with Gasteiger partial charge in [0.1, 0.15) is 11.4 Å². The summed E-state index contributed by atoms with van der Waals surface area (Å²) < 4.78 is 5.46. The van der Waals surface area contributed by atoms with Crippen molar-refractivity contribution in [2.24, 2.45) is 0 Å². The molecule has 2 aliphatic rings. The van der Waals surface area contributed by atoms with Gasteiger partial charge in [-0.05, 0) is 77.8 Å². The molecule has 11 heteroatoms. The molecule has 1 saturated heterocycles. The second-order valence-corrected chi connectivity index (χ2v) is 12.0. The van der Waals surface area contributed by atoms with Crippen LogP contribution in [0.1, 0.15) is 89.4 Å². The van der Waals surface area contributed by atoms with Gasteiger partial charge in [-0.25, -0.2) is 9.78 Å². The van der Waals surface area contributed by atoms with Gasteiger partial charge >= 0.3 is 6.09 Å². The summed E-state index contributed by atoms with van der Waals surface area (Å²) in [6.07, 6.45) is 9.50. The lowest BCUT2D eigenvalue weighted by Crippen LogP contribution is -2.47. The molecule has 1 aliphatic carbocycles. The number of piperidine rings is 1. The molecule has 1 saturated carbocycles. The summed E-state index contributed by atoms with van der Waals surface area (Å²) in [4.78, 5) is 40.8. The van der Waals surface area contributed by atoms with E-state index < -0.39 is 5.60 Å². The number of amides is 2. The summed E-state index contributed by atoms with van der Waals surface area (Å²) in [5, 5.41) is 19.8. The molecule has 2 amide bonds. The van der Waals surface area contributed by atoms with Crippen LogP contribution < -0.4 is 16.0 Å². The first-order valence-corrected chi connectivity index (χ1v) is 14.9. The Hall–Kier alpha value is -3.47. The number of carbonyl (C=O) groups is 2. The largest absolute Gasteiger partial charge is 0.444 e. The minimum absolute atomic E-state index is 0.0215. The molecule has 11 nitrogen and oxygen atoms in total. The van der Waals surface area contributed by atoms with Crippen LogP contribution in [0.15, 0.2) is 24.5 Å². The zero-order chi connectivity index (χ0) is 29.4. The molecule has 2 aromatic rings. The predicted molar refractivity (Wildman–Crippen MR) is 159 cm³/mol. The summed E-state index contributed by atoms with van der Waals surface area (Å²) in [7, 11) is 0. The van der Waals surface area contributed by atoms with Crippen molar-refractivity contribution in [2.45, 2.75) is 103 Å². The van der Waals surface area contributed by atoms with Crippen molar-refractivity contribution in [3.63, 3.8) is 0 Å². The Balaban J connectivity index is 1.39. The number of aromatic nitrogens is 3. The molecule has 41 heavy (non-hydrogen) atoms. The molecule has 4 rings (SSSR count). The summed E-state index contributed by atoms with van der Waals surface area (Å²) in [5.74, 6) is 1.07. The number of rotatable bonds is 9. The number of likely N-dealkylation sites (tertiary alicyclic amines) is 1. The van der Waals surface area contributed by atoms with Gasteiger partial charge < -0.3 is 30.7 Å². The molecule has 0 bridgehead atoms. The summed E-state index contributed by atoms with van der Waals surface area (Å²) >= 11 is 0. The fourth-order valence-corrected chi connectivity index (χ4v) is 5.04. The van der Waals surface area contributed by atoms with E-state index in [0.717, 1.165) is 50.6 Å². The van der Waals surface area contributed by atoms with Gasteiger partial charge in [0.15, 0.2) is 0 Å². The number of ether oxygens (including phenoxy) is 1. The van der Waals surface area contributed by atoms with Crippen molar-refractivity contribution in [1.82, 2.24) is 25.2 Å². The van der Waals surface area contributed by atoms with Gasteiger partial charge in [0.25, 0.3) is 5.91 Å². The van der Waals surface area contributed by atoms with Gasteiger partial charge in [0.2, 0.25) is 5.95 Å². The topological polar surface area (TPSA) is 142 Å². The quantitative estimate of drug-likeness (QED) is 0.320. The first-order chi connectivity index (χ1) is 19.6. The smallest absolute Gasteiger partial charge is 0.410 e. The number of unbranched alkanes of at least 4 members (excludes halogenated alkanes) is 1. The van der Waals surface area contributed by atoms with Gasteiger partial charge in [-0.15, -0.1) is 0 Å². The number of aliphatic hydroxyl groups is 1. The van der Waals surface area contributed by atoms with E-state index in [1.807, 2.05) is 26.8 Å². The number of aliphatic hydroxyl groups excluding tert-OH is 1. The first-order valence-electron chi connectivity index (χ1n) is 14.9. The molecule has 0 unspecified atom stereocenters. The number of hydrogen-bond donors (Lipinski definition) is 4. The molecule has 0 spiro atoms. The molecule has 0 aromatic carbocycles. The van der Waals surface area contributed by atoms with Crippen molar-refractivity contribution in [2.75, 3.05) is 30.3 Å². The number of nitrogens with zero attached hydrogens (tertiary/aromatic N) is 4. The highest BCUT2D eigenvalue weighted by atomic mass is 16.6. The zero-order valence-corrected chi connectivity index (χ0v) is 24.8. The van der Waals surface area contributed by atoms with Crippen LogP contribution in [0.2, 0.25) is 0 Å². The Morgan fingerprint density at radius 1 is 1.02 bits per heavy atom. The van der Waals surface area contributed by atoms with Crippen LogP contribution in [0.3, 0.4) is 0 Å². The number of carbonyl (C=O) groups excluding carboxylic acids is 2. The Labute approximate surface area is 242 Å². The van der Waals surface area contributed by atoms with E-state index in [4.69, 9.17) is 9.72 Å². The van der Waals surface area contributed by atoms with E-state index in [1.165, 1.54) is 0 Å². The Bertz CT molecular complexity index is 1150. The second kappa shape index (κ2) is 13.9. The Morgan fingerprint density at radius 3 is 2.39 bits per heavy atom. The van der Waals surface area contributed by atoms with Gasteiger partial charge in [0, 0.05) is 44.1 Å². The minimum atomic E-state index is -0.530. The molecular weight excluding hydrogens is 522 g/mol. The summed E-state index contributed by atoms with van der Waals surface area (Å²) in [6.45, 7) is 9.57. The van der Waals surface area contributed by atoms with Crippen LogP contribution >= 0.6 is 0 Å². The maximum Gasteiger partial charge on any atom is 0.410 e. The third kappa shape index (κ3) is 9.01. The third-order valence-electron chi connectivity index (χ3n) is 7.42. The maximum atomic E-state index is 13.0. The van der Waals surface area contributed by atoms with Gasteiger partial charge in [-0.1, -0.05) is 13.3 Å². The van der Waals surface area contributed by atoms with Crippen molar-refractivity contribution >= 4 is 23.8 Å². The van der Waals surface area contributed by atoms with Crippen LogP contribution in [0.5, 0.6) is 0 Å². The lowest BCUT2D eigenvalue weighted by Gasteiger charge is -2.33. The number of hydrogen-bond acceptors (Lipinski definition) is 9. The SMILES string of the molecule is CCCCNc1ncc(-c2ccc(C(=O)NC3CCN(C(=O)OC(C)(C)C)CC3)cn2)c(NC2CCC(O)CC2)n1. The van der Waals surface area contributed by atoms with Crippen LogP contribution in [0.4, 0.5) is 16.6 Å². The molecule has 2 fully saturated rings. The average molecular weight is 568 g/mol. The lowest BCUT2D eigenvalue weighted by atomic mass is 9.93. The monoisotopic (exact) mass is 567 g/mol. The number of nitrogens with one attached hydrogen (secondary N) is 3. The van der Waals surface area contributed by atoms with Crippen LogP contribution in [0.25, 0.3) is 11.3 Å². The standard InChI is InChI=1S/C30H45N7O4/c1-5-6-15-31-28-33-19-24(26(36-28)34-21-8-10-23(38)11-9-21)25-12-7-20(18-32-25)27(39)35-22-13-16-37(17-14-22)29(40)41-30(2,3)4/h7,12,18-19,21-23,38H,5-6,8-11,13-17H2,1-4H3,(H,35,39)(H2,31,33,34,36). The third-order valence-corrected chi connectivity index (χ3v) is 7.42. The predicted octanol–water partition coefficient (Wildman–Crippen LogP) is 4.60. The molecule has 1 aliphatic heterocycles. The zero-order valence-electron chi connectivity index (χ0n) is 24.8. The van der Waals surface area contributed by atoms with Crippen LogP contribution in [0, 0.1) is 0 Å². The van der Waals surface area contributed by atoms with Crippen molar-refractivity contribution in [3.8, 4) is 11.3 Å². The first kappa shape index (κ1) is 30.5. The fraction of sp³-hybridized carbons (Fsp3) is 0.633. The normalized spacial score (nSPS) is 19.9. The molecule has 2 aromatic heterocycles. The highest BCUT2D eigenvalue weighted by Crippen LogP contribution is 2.29. The number of pyridine rings is 1. The van der Waals surface area contributed by atoms with E-state index >= 15 is 0 Å². The summed E-state index contributed by atoms with van der Waals surface area (Å²) in [5.41, 5.74) is 1.37. The van der Waals surface area contributed by atoms with E-state index in [0.29, 0.717) is 49.0 Å². The molecular formula is C30H45N7O4. The number of anilines is 2. The second-order valence-electron chi connectivity index (χ2n) is 12.0. The maximum absolute atomic E-state index is 13.0. The van der Waals surface area contributed by atoms with Gasteiger partial charge in [-0.3, -0.25) is 9.78 Å². The molecule has 4 N–H and O–H groups in total. The summed E-state index contributed by atoms with van der Waals surface area (Å²) in [6, 6.07) is 3.77.